The Labute approximate surface area is 137 Å². The Balaban J connectivity index is 3.18. The summed E-state index contributed by atoms with van der Waals surface area (Å²) >= 11 is 0. The molecule has 0 aromatic heterocycles. The van der Waals surface area contributed by atoms with Gasteiger partial charge in [0.15, 0.2) is 0 Å². The van der Waals surface area contributed by atoms with Crippen LogP contribution in [0.1, 0.15) is 84.0 Å². The Morgan fingerprint density at radius 2 is 1.09 bits per heavy atom. The molecule has 0 radical (unpaired) electrons. The van der Waals surface area contributed by atoms with Crippen LogP contribution in [-0.4, -0.2) is 11.1 Å². The Morgan fingerprint density at radius 3 is 1.55 bits per heavy atom. The van der Waals surface area contributed by atoms with Gasteiger partial charge in [-0.1, -0.05) is 56.6 Å². The third-order valence-corrected chi connectivity index (χ3v) is 3.56. The van der Waals surface area contributed by atoms with Crippen molar-refractivity contribution in [3.05, 3.63) is 36.5 Å². The number of hydrogen-bond donors (Lipinski definition) is 1. The lowest BCUT2D eigenvalue weighted by molar-refractivity contribution is -0.131. The van der Waals surface area contributed by atoms with Crippen molar-refractivity contribution in [3.8, 4) is 0 Å². The number of allylic oxidation sites excluding steroid dienone is 5. The van der Waals surface area contributed by atoms with Gasteiger partial charge in [-0.3, -0.25) is 0 Å². The van der Waals surface area contributed by atoms with Gasteiger partial charge >= 0.3 is 5.97 Å². The molecule has 0 fully saturated rings. The van der Waals surface area contributed by atoms with E-state index >= 15 is 0 Å². The second kappa shape index (κ2) is 17.7. The third kappa shape index (κ3) is 18.7. The maximum Gasteiger partial charge on any atom is 0.327 e. The highest BCUT2D eigenvalue weighted by Crippen LogP contribution is 2.08. The molecule has 0 atom stereocenters. The van der Waals surface area contributed by atoms with E-state index in [0.717, 1.165) is 25.7 Å². The molecule has 2 heteroatoms. The van der Waals surface area contributed by atoms with Crippen LogP contribution in [0.4, 0.5) is 0 Å². The van der Waals surface area contributed by atoms with Crippen molar-refractivity contribution in [1.29, 1.82) is 0 Å². The van der Waals surface area contributed by atoms with Crippen molar-refractivity contribution in [2.24, 2.45) is 0 Å². The molecule has 0 aliphatic rings. The van der Waals surface area contributed by atoms with Crippen molar-refractivity contribution >= 4 is 5.97 Å². The SMILES string of the molecule is CCC=CCCCCCCC=CCCCCCC=CC(=O)O. The molecule has 1 N–H and O–H groups in total. The maximum atomic E-state index is 10.3. The molecule has 0 heterocycles. The highest BCUT2D eigenvalue weighted by atomic mass is 16.4. The summed E-state index contributed by atoms with van der Waals surface area (Å²) in [5.74, 6) is -0.847. The molecule has 126 valence electrons. The summed E-state index contributed by atoms with van der Waals surface area (Å²) in [6.07, 6.45) is 26.6. The molecule has 0 rings (SSSR count). The number of carboxylic acids is 1. The molecule has 0 saturated carbocycles. The summed E-state index contributed by atoms with van der Waals surface area (Å²) in [5.41, 5.74) is 0. The van der Waals surface area contributed by atoms with E-state index in [1.54, 1.807) is 6.08 Å². The Hall–Kier alpha value is -1.31. The molecule has 0 bridgehead atoms. The largest absolute Gasteiger partial charge is 0.478 e. The quantitative estimate of drug-likeness (QED) is 0.215. The second-order valence-corrected chi connectivity index (χ2v) is 5.72. The molecule has 0 spiro atoms. The smallest absolute Gasteiger partial charge is 0.327 e. The van der Waals surface area contributed by atoms with Crippen molar-refractivity contribution in [2.75, 3.05) is 0 Å². The van der Waals surface area contributed by atoms with E-state index in [1.165, 1.54) is 57.4 Å². The standard InChI is InChI=1S/C20H34O2/c1-2-3-4-5-6-7-8-9-10-11-12-13-14-15-16-17-18-19-20(21)22/h3-4,11-12,18-19H,2,5-10,13-17H2,1H3,(H,21,22). The van der Waals surface area contributed by atoms with Crippen LogP contribution in [-0.2, 0) is 4.79 Å². The van der Waals surface area contributed by atoms with Crippen LogP contribution in [0.15, 0.2) is 36.5 Å². The first kappa shape index (κ1) is 20.7. The summed E-state index contributed by atoms with van der Waals surface area (Å²) < 4.78 is 0. The lowest BCUT2D eigenvalue weighted by Gasteiger charge is -1.97. The fraction of sp³-hybridized carbons (Fsp3) is 0.650. The molecular formula is C20H34O2. The summed E-state index contributed by atoms with van der Waals surface area (Å²) in [6.45, 7) is 2.18. The zero-order chi connectivity index (χ0) is 16.3. The van der Waals surface area contributed by atoms with E-state index in [2.05, 4.69) is 31.2 Å². The molecule has 0 aliphatic heterocycles. The van der Waals surface area contributed by atoms with Gasteiger partial charge in [-0.2, -0.15) is 0 Å². The van der Waals surface area contributed by atoms with Crippen LogP contribution in [0.3, 0.4) is 0 Å². The minimum atomic E-state index is -0.847. The molecule has 2 nitrogen and oxygen atoms in total. The highest BCUT2D eigenvalue weighted by Gasteiger charge is 1.89. The molecule has 22 heavy (non-hydrogen) atoms. The van der Waals surface area contributed by atoms with Crippen LogP contribution >= 0.6 is 0 Å². The maximum absolute atomic E-state index is 10.3. The monoisotopic (exact) mass is 306 g/mol. The van der Waals surface area contributed by atoms with Gasteiger partial charge in [0.05, 0.1) is 0 Å². The van der Waals surface area contributed by atoms with Gasteiger partial charge in [-0.05, 0) is 57.8 Å². The molecule has 0 unspecified atom stereocenters. The fourth-order valence-corrected chi connectivity index (χ4v) is 2.28. The first-order valence-electron chi connectivity index (χ1n) is 8.96. The first-order valence-corrected chi connectivity index (χ1v) is 8.96. The van der Waals surface area contributed by atoms with E-state index in [4.69, 9.17) is 5.11 Å². The van der Waals surface area contributed by atoms with E-state index in [1.807, 2.05) is 0 Å². The van der Waals surface area contributed by atoms with Crippen LogP contribution in [0, 0.1) is 0 Å². The molecular weight excluding hydrogens is 272 g/mol. The molecule has 0 aromatic carbocycles. The number of carbonyl (C=O) groups is 1. The van der Waals surface area contributed by atoms with Crippen LogP contribution in [0.2, 0.25) is 0 Å². The normalized spacial score (nSPS) is 12.0. The van der Waals surface area contributed by atoms with Crippen molar-refractivity contribution in [3.63, 3.8) is 0 Å². The summed E-state index contributed by atoms with van der Waals surface area (Å²) in [6, 6.07) is 0. The number of hydrogen-bond acceptors (Lipinski definition) is 1. The predicted molar refractivity (Wildman–Crippen MR) is 96.1 cm³/mol. The zero-order valence-corrected chi connectivity index (χ0v) is 14.3. The Kier molecular flexibility index (Phi) is 16.7. The molecule has 0 amide bonds. The highest BCUT2D eigenvalue weighted by molar-refractivity contribution is 5.79. The predicted octanol–water partition coefficient (Wildman–Crippen LogP) is 6.44. The topological polar surface area (TPSA) is 37.3 Å². The van der Waals surface area contributed by atoms with Crippen LogP contribution in [0.25, 0.3) is 0 Å². The number of rotatable bonds is 15. The van der Waals surface area contributed by atoms with E-state index in [-0.39, 0.29) is 0 Å². The third-order valence-electron chi connectivity index (χ3n) is 3.56. The summed E-state index contributed by atoms with van der Waals surface area (Å²) in [5, 5.41) is 8.44. The van der Waals surface area contributed by atoms with Crippen molar-refractivity contribution in [2.45, 2.75) is 84.0 Å². The fourth-order valence-electron chi connectivity index (χ4n) is 2.28. The number of aliphatic carboxylic acids is 1. The van der Waals surface area contributed by atoms with Gasteiger partial charge in [0, 0.05) is 6.08 Å². The van der Waals surface area contributed by atoms with E-state index in [9.17, 15) is 4.79 Å². The van der Waals surface area contributed by atoms with Crippen molar-refractivity contribution < 1.29 is 9.90 Å². The summed E-state index contributed by atoms with van der Waals surface area (Å²) in [7, 11) is 0. The van der Waals surface area contributed by atoms with Gasteiger partial charge in [-0.25, -0.2) is 4.79 Å². The molecule has 0 aromatic rings. The zero-order valence-electron chi connectivity index (χ0n) is 14.3. The van der Waals surface area contributed by atoms with Crippen LogP contribution < -0.4 is 0 Å². The Bertz CT molecular complexity index is 327. The summed E-state index contributed by atoms with van der Waals surface area (Å²) in [4.78, 5) is 10.3. The average Bonchev–Trinajstić information content (AvgIpc) is 2.50. The number of carboxylic acid groups (broad SMARTS) is 1. The minimum Gasteiger partial charge on any atom is -0.478 e. The van der Waals surface area contributed by atoms with Gasteiger partial charge < -0.3 is 5.11 Å². The van der Waals surface area contributed by atoms with Gasteiger partial charge in [-0.15, -0.1) is 0 Å². The minimum absolute atomic E-state index is 0.847. The van der Waals surface area contributed by atoms with Gasteiger partial charge in [0.2, 0.25) is 0 Å². The Morgan fingerprint density at radius 1 is 0.682 bits per heavy atom. The van der Waals surface area contributed by atoms with Gasteiger partial charge in [0.1, 0.15) is 0 Å². The van der Waals surface area contributed by atoms with E-state index in [0.29, 0.717) is 0 Å². The van der Waals surface area contributed by atoms with Gasteiger partial charge in [0.25, 0.3) is 0 Å². The average molecular weight is 306 g/mol. The lowest BCUT2D eigenvalue weighted by atomic mass is 10.1. The lowest BCUT2D eigenvalue weighted by Crippen LogP contribution is -1.85. The van der Waals surface area contributed by atoms with Crippen LogP contribution in [0.5, 0.6) is 0 Å². The first-order chi connectivity index (χ1) is 10.8. The molecule has 0 aliphatic carbocycles. The molecule has 0 saturated heterocycles. The number of unbranched alkanes of at least 4 members (excludes halogenated alkanes) is 9. The van der Waals surface area contributed by atoms with E-state index < -0.39 is 5.97 Å². The second-order valence-electron chi connectivity index (χ2n) is 5.72. The van der Waals surface area contributed by atoms with Crippen molar-refractivity contribution in [1.82, 2.24) is 0 Å².